The molecular weight excluding hydrogens is 376 g/mol. The van der Waals surface area contributed by atoms with Crippen LogP contribution in [0.4, 0.5) is 0 Å². The Morgan fingerprint density at radius 3 is 2.13 bits per heavy atom. The highest BCUT2D eigenvalue weighted by Crippen LogP contribution is 2.46. The van der Waals surface area contributed by atoms with Crippen LogP contribution < -0.4 is 0 Å². The third-order valence-electron chi connectivity index (χ3n) is 7.19. The molecule has 1 amide bonds. The van der Waals surface area contributed by atoms with Crippen LogP contribution in [0.3, 0.4) is 0 Å². The van der Waals surface area contributed by atoms with Gasteiger partial charge in [0.1, 0.15) is 6.54 Å². The van der Waals surface area contributed by atoms with E-state index in [0.717, 1.165) is 18.4 Å². The number of amides is 1. The Balaban J connectivity index is 1.95. The monoisotopic (exact) mass is 410 g/mol. The van der Waals surface area contributed by atoms with Crippen molar-refractivity contribution in [1.29, 1.82) is 0 Å². The van der Waals surface area contributed by atoms with Crippen molar-refractivity contribution in [3.63, 3.8) is 0 Å². The summed E-state index contributed by atoms with van der Waals surface area (Å²) in [5.74, 6) is 0.123. The fraction of sp³-hybridized carbons (Fsp3) is 0.600. The van der Waals surface area contributed by atoms with Gasteiger partial charge in [-0.2, -0.15) is 0 Å². The van der Waals surface area contributed by atoms with Crippen molar-refractivity contribution >= 4 is 22.8 Å². The first-order valence-corrected chi connectivity index (χ1v) is 11.6. The maximum Gasteiger partial charge on any atom is 0.335 e. The lowest BCUT2D eigenvalue weighted by molar-refractivity contribution is -0.129. The second-order valence-electron chi connectivity index (χ2n) is 9.38. The van der Waals surface area contributed by atoms with Crippen LogP contribution in [-0.2, 0) is 11.3 Å². The maximum absolute atomic E-state index is 12.8. The molecule has 0 saturated heterocycles. The van der Waals surface area contributed by atoms with Crippen LogP contribution in [0.25, 0.3) is 10.9 Å². The minimum atomic E-state index is -0.915. The summed E-state index contributed by atoms with van der Waals surface area (Å²) in [5, 5.41) is 10.8. The number of nitrogens with zero attached hydrogens (tertiary/aromatic N) is 2. The van der Waals surface area contributed by atoms with Gasteiger partial charge in [-0.3, -0.25) is 4.79 Å². The summed E-state index contributed by atoms with van der Waals surface area (Å²) in [6.07, 6.45) is 12.3. The Labute approximate surface area is 179 Å². The highest BCUT2D eigenvalue weighted by molar-refractivity contribution is 5.96. The van der Waals surface area contributed by atoms with E-state index < -0.39 is 5.97 Å². The van der Waals surface area contributed by atoms with Crippen molar-refractivity contribution in [2.24, 2.45) is 0 Å². The van der Waals surface area contributed by atoms with Gasteiger partial charge in [-0.1, -0.05) is 44.6 Å². The zero-order chi connectivity index (χ0) is 21.3. The molecule has 1 aromatic heterocycles. The van der Waals surface area contributed by atoms with E-state index in [9.17, 15) is 14.7 Å². The molecule has 30 heavy (non-hydrogen) atoms. The minimum Gasteiger partial charge on any atom is -0.478 e. The predicted molar refractivity (Wildman–Crippen MR) is 119 cm³/mol. The summed E-state index contributed by atoms with van der Waals surface area (Å²) in [7, 11) is 3.58. The fourth-order valence-corrected chi connectivity index (χ4v) is 5.61. The molecule has 2 saturated carbocycles. The molecular formula is C25H34N2O3. The average Bonchev–Trinajstić information content (AvgIpc) is 3.08. The first kappa shape index (κ1) is 21.0. The standard InChI is InChI=1S/C25H34N2O3/c1-26(2)22(28)16-27-21-15-19(25(29)30)13-14-20(21)23(17-9-5-3-6-10-17)24(27)18-11-7-4-8-12-18/h13-15,17-18H,3-12,16H2,1-2H3,(H,29,30). The Morgan fingerprint density at radius 1 is 0.967 bits per heavy atom. The van der Waals surface area contributed by atoms with Crippen LogP contribution in [-0.4, -0.2) is 40.5 Å². The number of fused-ring (bicyclic) bond motifs is 1. The van der Waals surface area contributed by atoms with Gasteiger partial charge in [0.05, 0.1) is 5.56 Å². The topological polar surface area (TPSA) is 62.5 Å². The molecule has 0 spiro atoms. The van der Waals surface area contributed by atoms with Gasteiger partial charge in [-0.15, -0.1) is 0 Å². The van der Waals surface area contributed by atoms with Crippen LogP contribution >= 0.6 is 0 Å². The molecule has 0 aliphatic heterocycles. The molecule has 1 aromatic carbocycles. The van der Waals surface area contributed by atoms with Gasteiger partial charge in [0.25, 0.3) is 0 Å². The quantitative estimate of drug-likeness (QED) is 0.706. The van der Waals surface area contributed by atoms with Gasteiger partial charge in [-0.05, 0) is 55.2 Å². The number of aromatic nitrogens is 1. The smallest absolute Gasteiger partial charge is 0.335 e. The Kier molecular flexibility index (Phi) is 6.16. The largest absolute Gasteiger partial charge is 0.478 e. The van der Waals surface area contributed by atoms with E-state index in [0.29, 0.717) is 17.4 Å². The molecule has 5 heteroatoms. The summed E-state index contributed by atoms with van der Waals surface area (Å²) in [6.45, 7) is 0.283. The molecule has 2 aromatic rings. The number of hydrogen-bond donors (Lipinski definition) is 1. The lowest BCUT2D eigenvalue weighted by Crippen LogP contribution is -2.28. The van der Waals surface area contributed by atoms with Gasteiger partial charge in [0.15, 0.2) is 0 Å². The van der Waals surface area contributed by atoms with Crippen LogP contribution in [0, 0.1) is 0 Å². The molecule has 0 atom stereocenters. The highest BCUT2D eigenvalue weighted by atomic mass is 16.4. The lowest BCUT2D eigenvalue weighted by atomic mass is 9.78. The predicted octanol–water partition coefficient (Wildman–Crippen LogP) is 5.52. The van der Waals surface area contributed by atoms with Gasteiger partial charge in [-0.25, -0.2) is 4.79 Å². The number of rotatable bonds is 5. The molecule has 4 rings (SSSR count). The molecule has 1 N–H and O–H groups in total. The SMILES string of the molecule is CN(C)C(=O)Cn1c(C2CCCCC2)c(C2CCCCC2)c2ccc(C(=O)O)cc21. The number of benzene rings is 1. The minimum absolute atomic E-state index is 0.0554. The summed E-state index contributed by atoms with van der Waals surface area (Å²) >= 11 is 0. The third kappa shape index (κ3) is 3.99. The third-order valence-corrected chi connectivity index (χ3v) is 7.19. The van der Waals surface area contributed by atoms with Crippen LogP contribution in [0.2, 0.25) is 0 Å². The van der Waals surface area contributed by atoms with Crippen LogP contribution in [0.5, 0.6) is 0 Å². The summed E-state index contributed by atoms with van der Waals surface area (Å²) in [4.78, 5) is 26.1. The second-order valence-corrected chi connectivity index (χ2v) is 9.38. The summed E-state index contributed by atoms with van der Waals surface area (Å²) < 4.78 is 2.18. The maximum atomic E-state index is 12.8. The van der Waals surface area contributed by atoms with Gasteiger partial charge >= 0.3 is 5.97 Å². The zero-order valence-electron chi connectivity index (χ0n) is 18.3. The molecule has 5 nitrogen and oxygen atoms in total. The molecule has 0 unspecified atom stereocenters. The van der Waals surface area contributed by atoms with Crippen molar-refractivity contribution in [3.8, 4) is 0 Å². The first-order valence-electron chi connectivity index (χ1n) is 11.6. The second kappa shape index (κ2) is 8.83. The van der Waals surface area contributed by atoms with E-state index in [4.69, 9.17) is 0 Å². The number of carboxylic acids is 1. The molecule has 2 aliphatic carbocycles. The van der Waals surface area contributed by atoms with Gasteiger partial charge in [0.2, 0.25) is 5.91 Å². The van der Waals surface area contributed by atoms with Crippen LogP contribution in [0.1, 0.15) is 97.7 Å². The highest BCUT2D eigenvalue weighted by Gasteiger charge is 2.31. The van der Waals surface area contributed by atoms with Crippen molar-refractivity contribution in [3.05, 3.63) is 35.0 Å². The number of hydrogen-bond acceptors (Lipinski definition) is 2. The summed E-state index contributed by atoms with van der Waals surface area (Å²) in [6, 6.07) is 5.53. The number of aromatic carboxylic acids is 1. The summed E-state index contributed by atoms with van der Waals surface area (Å²) in [5.41, 5.74) is 3.96. The normalized spacial score (nSPS) is 18.6. The molecule has 2 aliphatic rings. The van der Waals surface area contributed by atoms with Gasteiger partial charge in [0, 0.05) is 30.7 Å². The van der Waals surface area contributed by atoms with Crippen molar-refractivity contribution in [2.75, 3.05) is 14.1 Å². The Morgan fingerprint density at radius 2 is 1.57 bits per heavy atom. The average molecular weight is 411 g/mol. The molecule has 162 valence electrons. The molecule has 1 heterocycles. The number of likely N-dealkylation sites (N-methyl/N-ethyl adjacent to an activating group) is 1. The van der Waals surface area contributed by atoms with Crippen molar-refractivity contribution in [1.82, 2.24) is 9.47 Å². The molecule has 2 fully saturated rings. The first-order chi connectivity index (χ1) is 14.5. The van der Waals surface area contributed by atoms with Crippen LogP contribution in [0.15, 0.2) is 18.2 Å². The molecule has 0 radical (unpaired) electrons. The van der Waals surface area contributed by atoms with E-state index in [1.165, 1.54) is 68.0 Å². The van der Waals surface area contributed by atoms with Gasteiger partial charge < -0.3 is 14.6 Å². The van der Waals surface area contributed by atoms with E-state index in [-0.39, 0.29) is 12.5 Å². The fourth-order valence-electron chi connectivity index (χ4n) is 5.61. The van der Waals surface area contributed by atoms with E-state index >= 15 is 0 Å². The van der Waals surface area contributed by atoms with Crippen molar-refractivity contribution < 1.29 is 14.7 Å². The number of carbonyl (C=O) groups is 2. The Hall–Kier alpha value is -2.30. The zero-order valence-corrected chi connectivity index (χ0v) is 18.3. The van der Waals surface area contributed by atoms with Crippen molar-refractivity contribution in [2.45, 2.75) is 82.6 Å². The number of carboxylic acid groups (broad SMARTS) is 1. The van der Waals surface area contributed by atoms with E-state index in [1.807, 2.05) is 6.07 Å². The van der Waals surface area contributed by atoms with E-state index in [1.54, 1.807) is 31.1 Å². The molecule has 0 bridgehead atoms. The lowest BCUT2D eigenvalue weighted by Gasteiger charge is -2.29. The Bertz CT molecular complexity index is 932. The van der Waals surface area contributed by atoms with E-state index in [2.05, 4.69) is 4.57 Å². The number of carbonyl (C=O) groups excluding carboxylic acids is 1.